The molecule has 3 nitrogen and oxygen atoms in total. The Hall–Kier alpha value is -0.190. The summed E-state index contributed by atoms with van der Waals surface area (Å²) in [4.78, 5) is 5.20. The number of anilines is 1. The van der Waals surface area contributed by atoms with Crippen LogP contribution in [0.4, 0.5) is 5.69 Å². The lowest BCUT2D eigenvalue weighted by Crippen LogP contribution is -2.47. The van der Waals surface area contributed by atoms with E-state index < -0.39 is 0 Å². The predicted molar refractivity (Wildman–Crippen MR) is 107 cm³/mol. The van der Waals surface area contributed by atoms with E-state index in [1.807, 2.05) is 7.05 Å². The third kappa shape index (κ3) is 6.32. The van der Waals surface area contributed by atoms with Gasteiger partial charge in [0.1, 0.15) is 0 Å². The van der Waals surface area contributed by atoms with Crippen molar-refractivity contribution in [1.82, 2.24) is 10.2 Å². The Kier molecular flexibility index (Phi) is 11.3. The third-order valence-electron chi connectivity index (χ3n) is 4.57. The zero-order valence-corrected chi connectivity index (χ0v) is 16.3. The van der Waals surface area contributed by atoms with Crippen molar-refractivity contribution in [2.75, 3.05) is 51.2 Å². The number of nitrogens with one attached hydrogen (secondary N) is 1. The smallest absolute Gasteiger partial charge is 0.0402 e. The minimum absolute atomic E-state index is 0. The van der Waals surface area contributed by atoms with Crippen LogP contribution < -0.4 is 10.2 Å². The second-order valence-electron chi connectivity index (χ2n) is 6.12. The lowest BCUT2D eigenvalue weighted by molar-refractivity contribution is 0.254. The molecule has 1 saturated carbocycles. The van der Waals surface area contributed by atoms with E-state index in [1.54, 1.807) is 5.56 Å². The molecule has 0 bridgehead atoms. The fourth-order valence-corrected chi connectivity index (χ4v) is 3.21. The Bertz CT molecular complexity index is 433. The Labute approximate surface area is 159 Å². The van der Waals surface area contributed by atoms with E-state index in [4.69, 9.17) is 0 Å². The number of rotatable bonds is 6. The van der Waals surface area contributed by atoms with Crippen LogP contribution in [0.25, 0.3) is 0 Å². The monoisotopic (exact) mass is 381 g/mol. The van der Waals surface area contributed by atoms with Crippen molar-refractivity contribution in [2.24, 2.45) is 0 Å². The summed E-state index contributed by atoms with van der Waals surface area (Å²) in [5.41, 5.74) is 3.10. The molecule has 0 unspecified atom stereocenters. The van der Waals surface area contributed by atoms with E-state index in [2.05, 4.69) is 39.4 Å². The van der Waals surface area contributed by atoms with Crippen LogP contribution in [0.1, 0.15) is 30.7 Å². The normalized spacial score (nSPS) is 17.7. The van der Waals surface area contributed by atoms with Crippen molar-refractivity contribution in [3.8, 4) is 0 Å². The number of hydrogen-bond acceptors (Lipinski definition) is 3. The molecule has 1 N–H and O–H groups in total. The number of piperazine rings is 1. The number of para-hydroxylation sites is 1. The van der Waals surface area contributed by atoms with Crippen LogP contribution in [0.5, 0.6) is 0 Å². The van der Waals surface area contributed by atoms with Gasteiger partial charge in [0.05, 0.1) is 0 Å². The summed E-state index contributed by atoms with van der Waals surface area (Å²) in [6.07, 6.45) is 4.04. The number of nitrogens with zero attached hydrogens (tertiary/aromatic N) is 2. The lowest BCUT2D eigenvalue weighted by Gasteiger charge is -2.37. The van der Waals surface area contributed by atoms with Crippen molar-refractivity contribution in [1.29, 1.82) is 0 Å². The van der Waals surface area contributed by atoms with Crippen molar-refractivity contribution in [3.05, 3.63) is 29.8 Å². The van der Waals surface area contributed by atoms with E-state index in [1.165, 1.54) is 57.7 Å². The highest BCUT2D eigenvalue weighted by Crippen LogP contribution is 2.44. The molecule has 0 aromatic heterocycles. The molecule has 1 heterocycles. The van der Waals surface area contributed by atoms with Crippen LogP contribution in [0, 0.1) is 0 Å². The van der Waals surface area contributed by atoms with E-state index in [9.17, 15) is 0 Å². The van der Waals surface area contributed by atoms with Crippen LogP contribution in [0.3, 0.4) is 0 Å². The van der Waals surface area contributed by atoms with Gasteiger partial charge in [-0.25, -0.2) is 0 Å². The minimum Gasteiger partial charge on any atom is -0.369 e. The van der Waals surface area contributed by atoms with Gasteiger partial charge in [-0.1, -0.05) is 18.2 Å². The average molecular weight is 383 g/mol. The first-order valence-corrected chi connectivity index (χ1v) is 8.09. The highest BCUT2D eigenvalue weighted by atomic mass is 35.5. The summed E-state index contributed by atoms with van der Waals surface area (Å²) >= 11 is 0. The molecule has 0 amide bonds. The van der Waals surface area contributed by atoms with Gasteiger partial charge < -0.3 is 10.2 Å². The first-order valence-electron chi connectivity index (χ1n) is 8.09. The molecule has 0 spiro atoms. The van der Waals surface area contributed by atoms with Crippen LogP contribution in [0.2, 0.25) is 0 Å². The van der Waals surface area contributed by atoms with E-state index in [0.29, 0.717) is 0 Å². The maximum Gasteiger partial charge on any atom is 0.0402 e. The third-order valence-corrected chi connectivity index (χ3v) is 4.57. The molecule has 1 aliphatic heterocycles. The molecule has 1 saturated heterocycles. The number of halogens is 3. The predicted octanol–water partition coefficient (Wildman–Crippen LogP) is 3.56. The molecular formula is C17H30Cl3N3. The maximum absolute atomic E-state index is 3.23. The van der Waals surface area contributed by atoms with Gasteiger partial charge in [-0.15, -0.1) is 37.2 Å². The topological polar surface area (TPSA) is 18.5 Å². The van der Waals surface area contributed by atoms with Crippen LogP contribution in [-0.2, 0) is 0 Å². The summed E-state index contributed by atoms with van der Waals surface area (Å²) < 4.78 is 0. The molecule has 2 fully saturated rings. The highest BCUT2D eigenvalue weighted by Gasteiger charge is 2.28. The van der Waals surface area contributed by atoms with Gasteiger partial charge in [0.25, 0.3) is 0 Å². The Morgan fingerprint density at radius 2 is 1.65 bits per heavy atom. The SMILES string of the molecule is CNCCCN1CCN(c2ccccc2C2CC2)CC1.Cl.Cl.Cl. The quantitative estimate of drug-likeness (QED) is 0.759. The average Bonchev–Trinajstić information content (AvgIpc) is 3.33. The van der Waals surface area contributed by atoms with Crippen LogP contribution in [0.15, 0.2) is 24.3 Å². The first-order chi connectivity index (χ1) is 9.88. The molecule has 6 heteroatoms. The zero-order valence-electron chi connectivity index (χ0n) is 13.9. The molecule has 3 rings (SSSR count). The molecular weight excluding hydrogens is 353 g/mol. The Morgan fingerprint density at radius 3 is 2.26 bits per heavy atom. The van der Waals surface area contributed by atoms with Gasteiger partial charge in [-0.05, 0) is 56.9 Å². The van der Waals surface area contributed by atoms with E-state index >= 15 is 0 Å². The van der Waals surface area contributed by atoms with Crippen LogP contribution in [-0.4, -0.2) is 51.2 Å². The van der Waals surface area contributed by atoms with E-state index in [0.717, 1.165) is 12.5 Å². The summed E-state index contributed by atoms with van der Waals surface area (Å²) in [7, 11) is 2.03. The molecule has 2 aliphatic rings. The fraction of sp³-hybridized carbons (Fsp3) is 0.647. The molecule has 1 aromatic carbocycles. The van der Waals surface area contributed by atoms with Gasteiger partial charge in [-0.3, -0.25) is 4.90 Å². The van der Waals surface area contributed by atoms with Crippen LogP contribution >= 0.6 is 37.2 Å². The largest absolute Gasteiger partial charge is 0.369 e. The summed E-state index contributed by atoms with van der Waals surface area (Å²) in [5, 5.41) is 3.23. The molecule has 1 aliphatic carbocycles. The lowest BCUT2D eigenvalue weighted by atomic mass is 10.1. The van der Waals surface area contributed by atoms with Crippen molar-refractivity contribution < 1.29 is 0 Å². The second kappa shape index (κ2) is 11.4. The maximum atomic E-state index is 3.23. The van der Waals surface area contributed by atoms with Crippen molar-refractivity contribution in [2.45, 2.75) is 25.2 Å². The van der Waals surface area contributed by atoms with Crippen molar-refractivity contribution >= 4 is 42.9 Å². The summed E-state index contributed by atoms with van der Waals surface area (Å²) in [6, 6.07) is 9.06. The van der Waals surface area contributed by atoms with Crippen molar-refractivity contribution in [3.63, 3.8) is 0 Å². The molecule has 0 radical (unpaired) electrons. The standard InChI is InChI=1S/C17H27N3.3ClH/c1-18-9-4-10-19-11-13-20(14-12-19)17-6-3-2-5-16(17)15-7-8-15;;;/h2-3,5-6,15,18H,4,7-14H2,1H3;3*1H. The Balaban J connectivity index is 0.00000161. The zero-order chi connectivity index (χ0) is 13.8. The highest BCUT2D eigenvalue weighted by molar-refractivity contribution is 5.86. The number of hydrogen-bond donors (Lipinski definition) is 1. The van der Waals surface area contributed by atoms with Gasteiger partial charge in [0, 0.05) is 31.9 Å². The summed E-state index contributed by atoms with van der Waals surface area (Å²) in [5.74, 6) is 0.847. The van der Waals surface area contributed by atoms with Gasteiger partial charge in [0.15, 0.2) is 0 Å². The first kappa shape index (κ1) is 22.8. The summed E-state index contributed by atoms with van der Waals surface area (Å²) in [6.45, 7) is 7.15. The number of benzene rings is 1. The molecule has 0 atom stereocenters. The molecule has 134 valence electrons. The molecule has 1 aromatic rings. The fourth-order valence-electron chi connectivity index (χ4n) is 3.21. The molecule has 23 heavy (non-hydrogen) atoms. The Morgan fingerprint density at radius 1 is 1.00 bits per heavy atom. The van der Waals surface area contributed by atoms with Gasteiger partial charge >= 0.3 is 0 Å². The van der Waals surface area contributed by atoms with E-state index in [-0.39, 0.29) is 37.2 Å². The van der Waals surface area contributed by atoms with Gasteiger partial charge in [0.2, 0.25) is 0 Å². The second-order valence-corrected chi connectivity index (χ2v) is 6.12. The van der Waals surface area contributed by atoms with Gasteiger partial charge in [-0.2, -0.15) is 0 Å². The minimum atomic E-state index is 0.